The summed E-state index contributed by atoms with van der Waals surface area (Å²) in [7, 11) is -2.74. The number of para-hydroxylation sites is 1. The Kier molecular flexibility index (Phi) is 7.63. The minimum Gasteiger partial charge on any atom is -0.496 e. The van der Waals surface area contributed by atoms with Crippen molar-refractivity contribution in [3.63, 3.8) is 0 Å². The van der Waals surface area contributed by atoms with Crippen molar-refractivity contribution in [2.45, 2.75) is 30.5 Å². The van der Waals surface area contributed by atoms with E-state index in [1.54, 1.807) is 37.3 Å². The number of carbonyl (C=O) groups excluding carboxylic acids is 1. The summed E-state index contributed by atoms with van der Waals surface area (Å²) in [4.78, 5) is 12.9. The molecule has 0 radical (unpaired) electrons. The van der Waals surface area contributed by atoms with Crippen molar-refractivity contribution in [3.8, 4) is 5.75 Å². The maximum absolute atomic E-state index is 13.4. The van der Waals surface area contributed by atoms with Gasteiger partial charge in [-0.15, -0.1) is 0 Å². The molecule has 3 aromatic carbocycles. The highest BCUT2D eigenvalue weighted by atomic mass is 32.2. The van der Waals surface area contributed by atoms with Gasteiger partial charge in [-0.05, 0) is 54.8 Å². The highest BCUT2D eigenvalue weighted by Crippen LogP contribution is 2.34. The van der Waals surface area contributed by atoms with Crippen LogP contribution in [0.3, 0.4) is 0 Å². The number of benzene rings is 3. The number of amides is 1. The second-order valence-electron chi connectivity index (χ2n) is 7.53. The third-order valence-electron chi connectivity index (χ3n) is 5.06. The van der Waals surface area contributed by atoms with Gasteiger partial charge in [0.15, 0.2) is 0 Å². The van der Waals surface area contributed by atoms with Crippen LogP contribution in [0.25, 0.3) is 0 Å². The Labute approximate surface area is 195 Å². The highest BCUT2D eigenvalue weighted by molar-refractivity contribution is 7.89. The number of aryl methyl sites for hydroxylation is 1. The van der Waals surface area contributed by atoms with Gasteiger partial charge in [-0.3, -0.25) is 4.79 Å². The van der Waals surface area contributed by atoms with E-state index in [9.17, 15) is 26.4 Å². The zero-order valence-electron chi connectivity index (χ0n) is 18.4. The van der Waals surface area contributed by atoms with Crippen LogP contribution in [0.4, 0.5) is 18.9 Å². The van der Waals surface area contributed by atoms with Crippen LogP contribution in [0.15, 0.2) is 77.7 Å². The van der Waals surface area contributed by atoms with Gasteiger partial charge in [0.25, 0.3) is 0 Å². The van der Waals surface area contributed by atoms with E-state index in [0.29, 0.717) is 16.9 Å². The van der Waals surface area contributed by atoms with Crippen LogP contribution >= 0.6 is 0 Å². The molecule has 0 heterocycles. The molecule has 180 valence electrons. The molecule has 3 aromatic rings. The average Bonchev–Trinajstić information content (AvgIpc) is 2.78. The number of nitrogens with one attached hydrogen (secondary N) is 2. The molecule has 0 aliphatic rings. The van der Waals surface area contributed by atoms with Gasteiger partial charge in [0.1, 0.15) is 11.8 Å². The van der Waals surface area contributed by atoms with Crippen LogP contribution in [-0.2, 0) is 27.4 Å². The van der Waals surface area contributed by atoms with E-state index in [4.69, 9.17) is 4.74 Å². The molecular weight excluding hydrogens is 469 g/mol. The largest absolute Gasteiger partial charge is 0.496 e. The molecule has 0 aromatic heterocycles. The summed E-state index contributed by atoms with van der Waals surface area (Å²) in [6.07, 6.45) is -4.77. The molecule has 6 nitrogen and oxygen atoms in total. The Morgan fingerprint density at radius 3 is 2.26 bits per heavy atom. The summed E-state index contributed by atoms with van der Waals surface area (Å²) in [6, 6.07) is 15.9. The van der Waals surface area contributed by atoms with Crippen LogP contribution in [0.5, 0.6) is 5.75 Å². The molecule has 0 bridgehead atoms. The van der Waals surface area contributed by atoms with Gasteiger partial charge < -0.3 is 10.1 Å². The number of carbonyl (C=O) groups is 1. The van der Waals surface area contributed by atoms with Crippen molar-refractivity contribution in [3.05, 3.63) is 89.5 Å². The predicted molar refractivity (Wildman–Crippen MR) is 122 cm³/mol. The van der Waals surface area contributed by atoms with Crippen molar-refractivity contribution < 1.29 is 31.1 Å². The normalized spacial score (nSPS) is 12.7. The number of ether oxygens (including phenoxy) is 1. The van der Waals surface area contributed by atoms with Gasteiger partial charge in [0, 0.05) is 0 Å². The summed E-state index contributed by atoms with van der Waals surface area (Å²) in [5, 5.41) is 2.24. The lowest BCUT2D eigenvalue weighted by Crippen LogP contribution is -2.45. The summed E-state index contributed by atoms with van der Waals surface area (Å²) in [5.74, 6) is -0.435. The molecule has 0 aliphatic carbocycles. The lowest BCUT2D eigenvalue weighted by atomic mass is 10.1. The Hall–Kier alpha value is -3.37. The highest BCUT2D eigenvalue weighted by Gasteiger charge is 2.34. The van der Waals surface area contributed by atoms with Crippen molar-refractivity contribution in [2.24, 2.45) is 0 Å². The van der Waals surface area contributed by atoms with Gasteiger partial charge in [-0.25, -0.2) is 8.42 Å². The van der Waals surface area contributed by atoms with Gasteiger partial charge in [0.05, 0.1) is 23.3 Å². The lowest BCUT2D eigenvalue weighted by molar-refractivity contribution is -0.137. The number of hydrogen-bond acceptors (Lipinski definition) is 4. The minimum atomic E-state index is -4.70. The van der Waals surface area contributed by atoms with Crippen molar-refractivity contribution in [2.75, 3.05) is 12.4 Å². The summed E-state index contributed by atoms with van der Waals surface area (Å²) >= 11 is 0. The molecule has 34 heavy (non-hydrogen) atoms. The molecule has 1 amide bonds. The monoisotopic (exact) mass is 492 g/mol. The summed E-state index contributed by atoms with van der Waals surface area (Å²) < 4.78 is 73.7. The number of methoxy groups -OCH3 is 1. The van der Waals surface area contributed by atoms with E-state index in [2.05, 4.69) is 10.0 Å². The van der Waals surface area contributed by atoms with Crippen LogP contribution < -0.4 is 14.8 Å². The van der Waals surface area contributed by atoms with Gasteiger partial charge in [0.2, 0.25) is 15.9 Å². The van der Waals surface area contributed by atoms with Crippen molar-refractivity contribution in [1.82, 2.24) is 4.72 Å². The molecule has 1 atom stereocenters. The van der Waals surface area contributed by atoms with Gasteiger partial charge >= 0.3 is 6.18 Å². The zero-order chi connectivity index (χ0) is 24.9. The van der Waals surface area contributed by atoms with E-state index in [1.807, 2.05) is 0 Å². The first-order chi connectivity index (χ1) is 16.0. The van der Waals surface area contributed by atoms with Crippen molar-refractivity contribution >= 4 is 21.6 Å². The number of halogens is 3. The molecule has 3 rings (SSSR count). The molecular formula is C24H23F3N2O4S. The molecule has 0 saturated heterocycles. The quantitative estimate of drug-likeness (QED) is 0.483. The lowest BCUT2D eigenvalue weighted by Gasteiger charge is -2.21. The molecule has 10 heteroatoms. The molecule has 0 spiro atoms. The third kappa shape index (κ3) is 6.15. The van der Waals surface area contributed by atoms with E-state index >= 15 is 0 Å². The number of sulfonamides is 1. The SMILES string of the molecule is COc1ccc(S(=O)(=O)N[C@H](Cc2ccccc2)C(=O)Nc2ccccc2C(F)(F)F)cc1C. The van der Waals surface area contributed by atoms with Crippen LogP contribution in [0, 0.1) is 6.92 Å². The zero-order valence-corrected chi connectivity index (χ0v) is 19.2. The topological polar surface area (TPSA) is 84.5 Å². The van der Waals surface area contributed by atoms with Gasteiger partial charge in [-0.2, -0.15) is 17.9 Å². The Morgan fingerprint density at radius 2 is 1.65 bits per heavy atom. The van der Waals surface area contributed by atoms with E-state index < -0.39 is 39.4 Å². The second-order valence-corrected chi connectivity index (χ2v) is 9.24. The summed E-state index contributed by atoms with van der Waals surface area (Å²) in [5.41, 5.74) is -0.304. The van der Waals surface area contributed by atoms with E-state index in [0.717, 1.165) is 12.1 Å². The second kappa shape index (κ2) is 10.3. The fourth-order valence-electron chi connectivity index (χ4n) is 3.37. The van der Waals surface area contributed by atoms with Crippen LogP contribution in [0.2, 0.25) is 0 Å². The number of anilines is 1. The first-order valence-corrected chi connectivity index (χ1v) is 11.7. The fourth-order valence-corrected chi connectivity index (χ4v) is 4.65. The third-order valence-corrected chi connectivity index (χ3v) is 6.53. The minimum absolute atomic E-state index is 0.0742. The Morgan fingerprint density at radius 1 is 1.00 bits per heavy atom. The van der Waals surface area contributed by atoms with Crippen LogP contribution in [-0.4, -0.2) is 27.5 Å². The molecule has 2 N–H and O–H groups in total. The maximum atomic E-state index is 13.4. The Bertz CT molecular complexity index is 1260. The van der Waals surface area contributed by atoms with Gasteiger partial charge in [-0.1, -0.05) is 42.5 Å². The molecule has 0 aliphatic heterocycles. The number of rotatable bonds is 8. The maximum Gasteiger partial charge on any atom is 0.418 e. The summed E-state index contributed by atoms with van der Waals surface area (Å²) in [6.45, 7) is 1.67. The smallest absolute Gasteiger partial charge is 0.418 e. The first-order valence-electron chi connectivity index (χ1n) is 10.2. The molecule has 0 unspecified atom stereocenters. The van der Waals surface area contributed by atoms with Crippen LogP contribution in [0.1, 0.15) is 16.7 Å². The van der Waals surface area contributed by atoms with E-state index in [-0.39, 0.29) is 11.3 Å². The standard InChI is InChI=1S/C24H23F3N2O4S/c1-16-14-18(12-13-22(16)33-2)34(31,32)29-21(15-17-8-4-3-5-9-17)23(30)28-20-11-7-6-10-19(20)24(25,26)27/h3-14,21,29H,15H2,1-2H3,(H,28,30)/t21-/m1/s1. The number of alkyl halides is 3. The molecule has 0 saturated carbocycles. The first kappa shape index (κ1) is 25.3. The Balaban J connectivity index is 1.93. The average molecular weight is 493 g/mol. The molecule has 0 fully saturated rings. The predicted octanol–water partition coefficient (Wildman–Crippen LogP) is 4.55. The number of hydrogen-bond donors (Lipinski definition) is 2. The fraction of sp³-hybridized carbons (Fsp3) is 0.208. The van der Waals surface area contributed by atoms with Crippen molar-refractivity contribution in [1.29, 1.82) is 0 Å². The van der Waals surface area contributed by atoms with E-state index in [1.165, 1.54) is 37.4 Å².